The summed E-state index contributed by atoms with van der Waals surface area (Å²) in [4.78, 5) is 14.8. The van der Waals surface area contributed by atoms with E-state index in [1.165, 1.54) is 32.1 Å². The van der Waals surface area contributed by atoms with Crippen LogP contribution >= 0.6 is 0 Å². The molecule has 0 aromatic carbocycles. The normalized spacial score (nSPS) is 32.3. The topological polar surface area (TPSA) is 46.3 Å². The Labute approximate surface area is 111 Å². The number of hydrogen-bond acceptors (Lipinski definition) is 2. The van der Waals surface area contributed by atoms with Crippen LogP contribution in [0.5, 0.6) is 0 Å². The van der Waals surface area contributed by atoms with Crippen molar-refractivity contribution in [3.63, 3.8) is 0 Å². The first-order valence-corrected chi connectivity index (χ1v) is 7.70. The molecule has 2 N–H and O–H groups in total. The summed E-state index contributed by atoms with van der Waals surface area (Å²) in [6.45, 7) is 6.51. The van der Waals surface area contributed by atoms with E-state index < -0.39 is 0 Å². The second kappa shape index (κ2) is 5.60. The highest BCUT2D eigenvalue weighted by molar-refractivity contribution is 5.86. The summed E-state index contributed by atoms with van der Waals surface area (Å²) in [5.74, 6) is 1.46. The van der Waals surface area contributed by atoms with Crippen molar-refractivity contribution in [2.75, 3.05) is 19.6 Å². The summed E-state index contributed by atoms with van der Waals surface area (Å²) in [5.41, 5.74) is 5.80. The lowest BCUT2D eigenvalue weighted by atomic mass is 9.75. The van der Waals surface area contributed by atoms with Gasteiger partial charge in [-0.3, -0.25) is 4.79 Å². The maximum atomic E-state index is 12.8. The predicted octanol–water partition coefficient (Wildman–Crippen LogP) is 2.40. The molecule has 2 aliphatic rings. The zero-order valence-corrected chi connectivity index (χ0v) is 12.0. The first kappa shape index (κ1) is 13.9. The number of carbonyl (C=O) groups excluding carboxylic acids is 1. The molecule has 1 amide bonds. The van der Waals surface area contributed by atoms with Gasteiger partial charge in [-0.2, -0.15) is 0 Å². The quantitative estimate of drug-likeness (QED) is 0.816. The van der Waals surface area contributed by atoms with Crippen LogP contribution in [0.25, 0.3) is 0 Å². The van der Waals surface area contributed by atoms with Gasteiger partial charge in [-0.15, -0.1) is 0 Å². The Hall–Kier alpha value is -0.570. The van der Waals surface area contributed by atoms with Gasteiger partial charge in [-0.05, 0) is 51.5 Å². The van der Waals surface area contributed by atoms with E-state index in [-0.39, 0.29) is 5.41 Å². The van der Waals surface area contributed by atoms with E-state index in [9.17, 15) is 4.79 Å². The summed E-state index contributed by atoms with van der Waals surface area (Å²) in [7, 11) is 0. The van der Waals surface area contributed by atoms with E-state index >= 15 is 0 Å². The Balaban J connectivity index is 2.14. The molecule has 3 nitrogen and oxygen atoms in total. The smallest absolute Gasteiger partial charge is 0.229 e. The molecule has 0 radical (unpaired) electrons. The number of nitrogens with two attached hydrogens (primary N) is 1. The average molecular weight is 252 g/mol. The molecule has 2 atom stereocenters. The summed E-state index contributed by atoms with van der Waals surface area (Å²) in [5, 5.41) is 0. The zero-order valence-electron chi connectivity index (χ0n) is 12.0. The van der Waals surface area contributed by atoms with Crippen molar-refractivity contribution in [2.24, 2.45) is 23.0 Å². The van der Waals surface area contributed by atoms with Crippen LogP contribution in [0.15, 0.2) is 0 Å². The molecule has 2 fully saturated rings. The lowest BCUT2D eigenvalue weighted by Gasteiger charge is -2.34. The molecule has 2 unspecified atom stereocenters. The third-order valence-corrected chi connectivity index (χ3v) is 5.22. The molecule has 18 heavy (non-hydrogen) atoms. The van der Waals surface area contributed by atoms with E-state index in [2.05, 4.69) is 13.8 Å². The van der Waals surface area contributed by atoms with Gasteiger partial charge in [0.15, 0.2) is 0 Å². The largest absolute Gasteiger partial charge is 0.343 e. The SMILES string of the molecule is CCN(CC)C(=O)C1(C2CCCCC2)CC1CN. The molecular formula is C15H28N2O. The van der Waals surface area contributed by atoms with E-state index in [1.54, 1.807) is 0 Å². The number of carbonyl (C=O) groups is 1. The molecule has 0 bridgehead atoms. The molecule has 0 aromatic rings. The highest BCUT2D eigenvalue weighted by atomic mass is 16.2. The fourth-order valence-corrected chi connectivity index (χ4v) is 4.00. The van der Waals surface area contributed by atoms with E-state index in [1.807, 2.05) is 4.90 Å². The van der Waals surface area contributed by atoms with Crippen LogP contribution in [0, 0.1) is 17.3 Å². The number of hydrogen-bond donors (Lipinski definition) is 1. The minimum absolute atomic E-state index is 0.0683. The third kappa shape index (κ3) is 2.18. The molecule has 0 saturated heterocycles. The molecule has 0 aliphatic heterocycles. The molecule has 2 saturated carbocycles. The second-order valence-electron chi connectivity index (χ2n) is 5.99. The summed E-state index contributed by atoms with van der Waals surface area (Å²) >= 11 is 0. The van der Waals surface area contributed by atoms with Gasteiger partial charge in [0.2, 0.25) is 5.91 Å². The van der Waals surface area contributed by atoms with Gasteiger partial charge >= 0.3 is 0 Å². The van der Waals surface area contributed by atoms with Crippen LogP contribution in [0.4, 0.5) is 0 Å². The molecule has 104 valence electrons. The average Bonchev–Trinajstić information content (AvgIpc) is 3.17. The van der Waals surface area contributed by atoms with Crippen LogP contribution in [-0.4, -0.2) is 30.4 Å². The minimum Gasteiger partial charge on any atom is -0.343 e. The Morgan fingerprint density at radius 2 is 1.83 bits per heavy atom. The minimum atomic E-state index is -0.0683. The van der Waals surface area contributed by atoms with Gasteiger partial charge in [0.1, 0.15) is 0 Å². The number of nitrogens with zero attached hydrogens (tertiary/aromatic N) is 1. The summed E-state index contributed by atoms with van der Waals surface area (Å²) in [6.07, 6.45) is 7.47. The monoisotopic (exact) mass is 252 g/mol. The van der Waals surface area contributed by atoms with Gasteiger partial charge in [0, 0.05) is 13.1 Å². The third-order valence-electron chi connectivity index (χ3n) is 5.22. The first-order valence-electron chi connectivity index (χ1n) is 7.70. The molecule has 0 spiro atoms. The fraction of sp³-hybridized carbons (Fsp3) is 0.933. The van der Waals surface area contributed by atoms with Crippen molar-refractivity contribution >= 4 is 5.91 Å². The second-order valence-corrected chi connectivity index (χ2v) is 5.99. The van der Waals surface area contributed by atoms with Gasteiger partial charge in [0.05, 0.1) is 5.41 Å². The predicted molar refractivity (Wildman–Crippen MR) is 74.1 cm³/mol. The molecule has 2 aliphatic carbocycles. The molecule has 2 rings (SSSR count). The Bertz CT molecular complexity index is 295. The van der Waals surface area contributed by atoms with Crippen LogP contribution in [0.1, 0.15) is 52.4 Å². The molecule has 3 heteroatoms. The van der Waals surface area contributed by atoms with Crippen LogP contribution in [0.2, 0.25) is 0 Å². The highest BCUT2D eigenvalue weighted by Gasteiger charge is 2.63. The number of rotatable bonds is 5. The Morgan fingerprint density at radius 1 is 1.22 bits per heavy atom. The molecule has 0 aromatic heterocycles. The van der Waals surface area contributed by atoms with Crippen LogP contribution in [0.3, 0.4) is 0 Å². The van der Waals surface area contributed by atoms with Gasteiger partial charge in [0.25, 0.3) is 0 Å². The van der Waals surface area contributed by atoms with Crippen molar-refractivity contribution in [1.29, 1.82) is 0 Å². The maximum absolute atomic E-state index is 12.8. The summed E-state index contributed by atoms with van der Waals surface area (Å²) < 4.78 is 0. The van der Waals surface area contributed by atoms with E-state index in [4.69, 9.17) is 5.73 Å². The molecule has 0 heterocycles. The van der Waals surface area contributed by atoms with E-state index in [0.717, 1.165) is 19.5 Å². The van der Waals surface area contributed by atoms with Crippen LogP contribution < -0.4 is 5.73 Å². The summed E-state index contributed by atoms with van der Waals surface area (Å²) in [6, 6.07) is 0. The highest BCUT2D eigenvalue weighted by Crippen LogP contribution is 2.61. The lowest BCUT2D eigenvalue weighted by molar-refractivity contribution is -0.140. The lowest BCUT2D eigenvalue weighted by Crippen LogP contribution is -2.42. The van der Waals surface area contributed by atoms with Crippen molar-refractivity contribution in [1.82, 2.24) is 4.90 Å². The van der Waals surface area contributed by atoms with E-state index in [0.29, 0.717) is 24.3 Å². The van der Waals surface area contributed by atoms with Gasteiger partial charge < -0.3 is 10.6 Å². The molecular weight excluding hydrogens is 224 g/mol. The van der Waals surface area contributed by atoms with Crippen molar-refractivity contribution in [3.05, 3.63) is 0 Å². The van der Waals surface area contributed by atoms with Crippen molar-refractivity contribution in [3.8, 4) is 0 Å². The zero-order chi connectivity index (χ0) is 13.2. The maximum Gasteiger partial charge on any atom is 0.229 e. The Morgan fingerprint density at radius 3 is 2.28 bits per heavy atom. The van der Waals surface area contributed by atoms with Gasteiger partial charge in [-0.1, -0.05) is 19.3 Å². The van der Waals surface area contributed by atoms with Crippen molar-refractivity contribution in [2.45, 2.75) is 52.4 Å². The Kier molecular flexibility index (Phi) is 4.31. The fourth-order valence-electron chi connectivity index (χ4n) is 4.00. The van der Waals surface area contributed by atoms with Gasteiger partial charge in [-0.25, -0.2) is 0 Å². The number of amides is 1. The standard InChI is InChI=1S/C15H28N2O/c1-3-17(4-2)14(18)15(10-13(15)11-16)12-8-6-5-7-9-12/h12-13H,3-11,16H2,1-2H3. The van der Waals surface area contributed by atoms with Crippen LogP contribution in [-0.2, 0) is 4.79 Å². The van der Waals surface area contributed by atoms with Crippen molar-refractivity contribution < 1.29 is 4.79 Å². The first-order chi connectivity index (χ1) is 8.70.